The molecule has 0 N–H and O–H groups in total. The average molecular weight is 286 g/mol. The molecule has 10 saturated heterocycles. The Morgan fingerprint density at radius 1 is 0.882 bits per heavy atom. The molecule has 0 aromatic rings. The summed E-state index contributed by atoms with van der Waals surface area (Å²) in [5.41, 5.74) is 0. The van der Waals surface area contributed by atoms with E-state index in [1.54, 1.807) is 4.82 Å². The zero-order valence-corrected chi connectivity index (χ0v) is 13.4. The first kappa shape index (κ1) is 6.95. The van der Waals surface area contributed by atoms with Gasteiger partial charge in [-0.15, -0.1) is 0 Å². The molecular weight excluding hydrogens is 264 g/mol. The van der Waals surface area contributed by atoms with Crippen LogP contribution in [0, 0.1) is 5.92 Å². The third kappa shape index (κ3) is 0.0632. The van der Waals surface area contributed by atoms with Gasteiger partial charge in [-0.3, -0.25) is 0 Å². The molecule has 94 valence electrons. The van der Waals surface area contributed by atoms with Crippen LogP contribution in [0.5, 0.6) is 0 Å². The minimum atomic E-state index is -2.83. The molecule has 10 fully saturated rings. The van der Waals surface area contributed by atoms with E-state index in [0.29, 0.717) is 0 Å². The third-order valence-corrected chi connectivity index (χ3v) is 69.4. The Morgan fingerprint density at radius 3 is 1.59 bits per heavy atom. The van der Waals surface area contributed by atoms with Crippen molar-refractivity contribution in [3.63, 3.8) is 0 Å². The average Bonchev–Trinajstić information content (AvgIpc) is 3.22. The molecule has 0 aromatic heterocycles. The summed E-state index contributed by atoms with van der Waals surface area (Å²) in [7, 11) is -0.388. The van der Waals surface area contributed by atoms with Crippen molar-refractivity contribution in [1.82, 2.24) is 0 Å². The quantitative estimate of drug-likeness (QED) is 0.640. The van der Waals surface area contributed by atoms with Gasteiger partial charge in [0.05, 0.1) is 0 Å². The van der Waals surface area contributed by atoms with Crippen molar-refractivity contribution < 1.29 is 6.51 Å². The number of fused-ring (bicyclic) bond motifs is 10. The zero-order chi connectivity index (χ0) is 11.1. The second-order valence-corrected chi connectivity index (χ2v) is 39.2. The molecule has 0 aliphatic carbocycles. The molecule has 5 unspecified atom stereocenters. The van der Waals surface area contributed by atoms with E-state index < -0.39 is 6.51 Å². The van der Waals surface area contributed by atoms with Crippen molar-refractivity contribution in [1.29, 1.82) is 0 Å². The molecule has 1 spiro atoms. The predicted octanol–water partition coefficient (Wildman–Crippen LogP) is 4.80. The third-order valence-electron chi connectivity index (χ3n) is 16.8. The molecule has 2 heteroatoms. The number of rotatable bonds is 2. The van der Waals surface area contributed by atoms with Gasteiger partial charge in [0.2, 0.25) is 0 Å². The summed E-state index contributed by atoms with van der Waals surface area (Å²) in [6.45, 7) is 8.12. The van der Waals surface area contributed by atoms with Crippen LogP contribution >= 0.6 is 0 Å². The molecular formula is C15H22FeSi. The van der Waals surface area contributed by atoms with Gasteiger partial charge in [-0.25, -0.2) is 0 Å². The monoisotopic (exact) mass is 286 g/mol. The van der Waals surface area contributed by atoms with E-state index in [4.69, 9.17) is 0 Å². The van der Waals surface area contributed by atoms with Crippen molar-refractivity contribution in [3.05, 3.63) is 0 Å². The van der Waals surface area contributed by atoms with E-state index in [-0.39, 0.29) is 8.80 Å². The summed E-state index contributed by atoms with van der Waals surface area (Å²) in [4.78, 5) is 12.3. The van der Waals surface area contributed by atoms with Crippen LogP contribution in [0.4, 0.5) is 0 Å². The van der Waals surface area contributed by atoms with Crippen molar-refractivity contribution in [2.24, 2.45) is 5.92 Å². The first-order chi connectivity index (χ1) is 7.82. The van der Waals surface area contributed by atoms with E-state index >= 15 is 0 Å². The van der Waals surface area contributed by atoms with Gasteiger partial charge >= 0.3 is 94.9 Å². The van der Waals surface area contributed by atoms with Crippen molar-refractivity contribution in [2.45, 2.75) is 73.7 Å². The summed E-state index contributed by atoms with van der Waals surface area (Å²) in [6, 6.07) is 0. The SMILES string of the molecule is CC(C)[C]12[CH]3[CH]4[CH]5[C]1([SiH](C)C)[Fe]43521678[CH]2[CH]1[CH]6[CH]7[CH]28. The van der Waals surface area contributed by atoms with E-state index in [1.165, 1.54) is 42.0 Å². The molecule has 0 amide bonds. The Kier molecular flexibility index (Phi) is 0.220. The molecule has 0 nitrogen and oxygen atoms in total. The summed E-state index contributed by atoms with van der Waals surface area (Å²) in [5.74, 6) is 1.13. The first-order valence-corrected chi connectivity index (χ1v) is 17.1. The number of hydrogen-bond donors (Lipinski definition) is 0. The van der Waals surface area contributed by atoms with Gasteiger partial charge in [-0.1, -0.05) is 0 Å². The summed E-state index contributed by atoms with van der Waals surface area (Å²) in [6.07, 6.45) is 0. The second kappa shape index (κ2) is 0.538. The fourth-order valence-corrected chi connectivity index (χ4v) is 123. The maximum atomic E-state index is 2.80. The zero-order valence-electron chi connectivity index (χ0n) is 11.1. The fraction of sp³-hybridized carbons (Fsp3) is 1.00. The maximum absolute atomic E-state index is 2.83. The van der Waals surface area contributed by atoms with Crippen LogP contribution in [0.25, 0.3) is 0 Å². The van der Waals surface area contributed by atoms with Crippen LogP contribution in [-0.4, -0.2) is 8.80 Å². The molecule has 0 bridgehead atoms. The molecule has 10 rings (SSSR count). The van der Waals surface area contributed by atoms with Crippen LogP contribution in [0.1, 0.15) is 13.8 Å². The van der Waals surface area contributed by atoms with Gasteiger partial charge in [0.1, 0.15) is 0 Å². The van der Waals surface area contributed by atoms with Crippen LogP contribution in [0.2, 0.25) is 59.9 Å². The normalized spacial score (nSPS) is 124. The summed E-state index contributed by atoms with van der Waals surface area (Å²) in [5, 5.41) is 0. The van der Waals surface area contributed by atoms with E-state index in [2.05, 4.69) is 26.9 Å². The van der Waals surface area contributed by atoms with Crippen molar-refractivity contribution in [3.8, 4) is 0 Å². The van der Waals surface area contributed by atoms with Crippen LogP contribution < -0.4 is 0 Å². The summed E-state index contributed by atoms with van der Waals surface area (Å²) >= 11 is 0. The van der Waals surface area contributed by atoms with Gasteiger partial charge < -0.3 is 0 Å². The van der Waals surface area contributed by atoms with E-state index in [9.17, 15) is 0 Å². The molecule has 0 saturated carbocycles. The summed E-state index contributed by atoms with van der Waals surface area (Å²) < 4.78 is 2.42. The number of hydrogen-bond acceptors (Lipinski definition) is 0. The molecule has 0 radical (unpaired) electrons. The second-order valence-electron chi connectivity index (χ2n) is 12.2. The predicted molar refractivity (Wildman–Crippen MR) is 69.1 cm³/mol. The van der Waals surface area contributed by atoms with Gasteiger partial charge in [0.15, 0.2) is 0 Å². The van der Waals surface area contributed by atoms with Gasteiger partial charge in [-0.2, -0.15) is 0 Å². The van der Waals surface area contributed by atoms with Gasteiger partial charge in [0, 0.05) is 0 Å². The molecule has 10 heterocycles. The van der Waals surface area contributed by atoms with E-state index in [0.717, 1.165) is 5.92 Å². The molecule has 5 atom stereocenters. The molecule has 0 aromatic carbocycles. The Morgan fingerprint density at radius 2 is 1.41 bits per heavy atom. The topological polar surface area (TPSA) is 0 Å². The standard InChI is InChI=1S/C10H17Si.C5H5.Fe/c1-8(2)9-6-5-7-10(9)11(3)4;1-2-4-5-3-1;/h5-8,11H,1-4H3;1-5H;. The van der Waals surface area contributed by atoms with Gasteiger partial charge in [-0.05, 0) is 0 Å². The Bertz CT molecular complexity index is 904. The van der Waals surface area contributed by atoms with Crippen molar-refractivity contribution in [2.75, 3.05) is 0 Å². The minimum absolute atomic E-state index is 0.388. The van der Waals surface area contributed by atoms with Gasteiger partial charge in [0.25, 0.3) is 0 Å². The Labute approximate surface area is 94.8 Å². The first-order valence-electron chi connectivity index (χ1n) is 8.03. The molecule has 17 heavy (non-hydrogen) atoms. The van der Waals surface area contributed by atoms with Crippen LogP contribution in [0.3, 0.4) is 0 Å². The fourth-order valence-electron chi connectivity index (χ4n) is 20.4. The molecule has 10 aliphatic rings. The molecule has 10 aliphatic heterocycles. The Hall–Kier alpha value is 0.736. The van der Waals surface area contributed by atoms with Crippen LogP contribution in [-0.2, 0) is 6.51 Å². The Balaban J connectivity index is 1.75. The van der Waals surface area contributed by atoms with Crippen molar-refractivity contribution >= 4 is 8.80 Å². The van der Waals surface area contributed by atoms with Crippen LogP contribution in [0.15, 0.2) is 0 Å². The van der Waals surface area contributed by atoms with E-state index in [1.807, 2.05) is 0 Å².